The van der Waals surface area contributed by atoms with Gasteiger partial charge in [0.2, 0.25) is 10.9 Å². The van der Waals surface area contributed by atoms with Crippen LogP contribution < -0.4 is 19.5 Å². The molecule has 0 radical (unpaired) electrons. The van der Waals surface area contributed by atoms with Crippen molar-refractivity contribution >= 4 is 22.6 Å². The monoisotopic (exact) mass is 337 g/mol. The number of ether oxygens (including phenoxy) is 3. The van der Waals surface area contributed by atoms with Gasteiger partial charge in [0.1, 0.15) is 6.33 Å². The third-order valence-electron chi connectivity index (χ3n) is 2.75. The number of carbonyl (C=O) groups is 1. The van der Waals surface area contributed by atoms with Crippen molar-refractivity contribution in [2.24, 2.45) is 0 Å². The minimum Gasteiger partial charge on any atom is -0.490 e. The molecular formula is C15H19N3O4S. The Morgan fingerprint density at radius 3 is 2.17 bits per heavy atom. The van der Waals surface area contributed by atoms with Crippen molar-refractivity contribution in [1.29, 1.82) is 0 Å². The van der Waals surface area contributed by atoms with E-state index in [4.69, 9.17) is 14.2 Å². The first kappa shape index (κ1) is 17.0. The number of benzene rings is 1. The van der Waals surface area contributed by atoms with Gasteiger partial charge in [-0.25, -0.2) is 4.98 Å². The fraction of sp³-hybridized carbons (Fsp3) is 0.400. The predicted octanol–water partition coefficient (Wildman–Crippen LogP) is 2.99. The highest BCUT2D eigenvalue weighted by molar-refractivity contribution is 7.09. The molecule has 0 fully saturated rings. The Morgan fingerprint density at radius 1 is 1.09 bits per heavy atom. The van der Waals surface area contributed by atoms with Gasteiger partial charge in [0, 0.05) is 17.1 Å². The molecule has 0 aliphatic carbocycles. The van der Waals surface area contributed by atoms with Gasteiger partial charge in [-0.15, -0.1) is 0 Å². The molecule has 1 N–H and O–H groups in total. The average Bonchev–Trinajstić information content (AvgIpc) is 3.03. The number of hydrogen-bond acceptors (Lipinski definition) is 7. The highest BCUT2D eigenvalue weighted by Crippen LogP contribution is 2.39. The first-order chi connectivity index (χ1) is 11.2. The molecule has 2 aromatic rings. The van der Waals surface area contributed by atoms with E-state index in [9.17, 15) is 4.79 Å². The van der Waals surface area contributed by atoms with E-state index < -0.39 is 0 Å². The van der Waals surface area contributed by atoms with Crippen LogP contribution in [0.5, 0.6) is 17.2 Å². The molecule has 1 heterocycles. The van der Waals surface area contributed by atoms with Crippen LogP contribution in [0, 0.1) is 0 Å². The summed E-state index contributed by atoms with van der Waals surface area (Å²) in [5, 5.41) is 3.11. The van der Waals surface area contributed by atoms with Crippen LogP contribution in [0.25, 0.3) is 0 Å². The zero-order valence-corrected chi connectivity index (χ0v) is 14.1. The minimum atomic E-state index is -0.313. The van der Waals surface area contributed by atoms with Crippen molar-refractivity contribution < 1.29 is 19.0 Å². The summed E-state index contributed by atoms with van der Waals surface area (Å²) in [7, 11) is 0. The van der Waals surface area contributed by atoms with Crippen LogP contribution in [-0.2, 0) is 0 Å². The maximum atomic E-state index is 12.4. The van der Waals surface area contributed by atoms with E-state index in [2.05, 4.69) is 14.7 Å². The largest absolute Gasteiger partial charge is 0.490 e. The summed E-state index contributed by atoms with van der Waals surface area (Å²) in [6, 6.07) is 3.26. The molecule has 1 aromatic carbocycles. The van der Waals surface area contributed by atoms with Gasteiger partial charge in [-0.05, 0) is 32.9 Å². The van der Waals surface area contributed by atoms with E-state index in [0.29, 0.717) is 47.8 Å². The normalized spacial score (nSPS) is 10.2. The van der Waals surface area contributed by atoms with E-state index in [1.54, 1.807) is 12.1 Å². The van der Waals surface area contributed by atoms with Gasteiger partial charge in [-0.3, -0.25) is 10.1 Å². The van der Waals surface area contributed by atoms with Crippen molar-refractivity contribution in [3.05, 3.63) is 24.0 Å². The van der Waals surface area contributed by atoms with Crippen LogP contribution in [0.4, 0.5) is 5.13 Å². The zero-order chi connectivity index (χ0) is 16.7. The lowest BCUT2D eigenvalue weighted by molar-refractivity contribution is 0.102. The maximum absolute atomic E-state index is 12.4. The molecule has 0 saturated heterocycles. The van der Waals surface area contributed by atoms with E-state index in [1.807, 2.05) is 20.8 Å². The second-order valence-electron chi connectivity index (χ2n) is 4.30. The molecule has 23 heavy (non-hydrogen) atoms. The van der Waals surface area contributed by atoms with Crippen LogP contribution in [0.1, 0.15) is 31.1 Å². The topological polar surface area (TPSA) is 82.6 Å². The highest BCUT2D eigenvalue weighted by Gasteiger charge is 2.18. The van der Waals surface area contributed by atoms with E-state index in [-0.39, 0.29) is 5.91 Å². The Kier molecular flexibility index (Phi) is 6.16. The van der Waals surface area contributed by atoms with Crippen LogP contribution >= 0.6 is 11.5 Å². The predicted molar refractivity (Wildman–Crippen MR) is 87.8 cm³/mol. The zero-order valence-electron chi connectivity index (χ0n) is 13.3. The molecule has 0 unspecified atom stereocenters. The first-order valence-corrected chi connectivity index (χ1v) is 8.11. The number of amides is 1. The lowest BCUT2D eigenvalue weighted by Gasteiger charge is -2.16. The second kappa shape index (κ2) is 8.33. The lowest BCUT2D eigenvalue weighted by Crippen LogP contribution is -2.13. The van der Waals surface area contributed by atoms with Crippen LogP contribution in [0.15, 0.2) is 18.5 Å². The Balaban J connectivity index is 2.36. The summed E-state index contributed by atoms with van der Waals surface area (Å²) in [4.78, 5) is 16.3. The number of rotatable bonds is 8. The summed E-state index contributed by atoms with van der Waals surface area (Å²) >= 11 is 1.11. The maximum Gasteiger partial charge on any atom is 0.257 e. The van der Waals surface area contributed by atoms with Crippen molar-refractivity contribution in [2.75, 3.05) is 25.1 Å². The van der Waals surface area contributed by atoms with Crippen molar-refractivity contribution in [3.63, 3.8) is 0 Å². The molecule has 7 nitrogen and oxygen atoms in total. The summed E-state index contributed by atoms with van der Waals surface area (Å²) in [5.74, 6) is 1.14. The number of carbonyl (C=O) groups excluding carboxylic acids is 1. The van der Waals surface area contributed by atoms with E-state index in [1.165, 1.54) is 6.33 Å². The van der Waals surface area contributed by atoms with E-state index in [0.717, 1.165) is 11.5 Å². The van der Waals surface area contributed by atoms with Crippen molar-refractivity contribution in [3.8, 4) is 17.2 Å². The summed E-state index contributed by atoms with van der Waals surface area (Å²) in [5.41, 5.74) is 0.399. The fourth-order valence-corrected chi connectivity index (χ4v) is 2.34. The molecule has 0 aliphatic heterocycles. The Hall–Kier alpha value is -2.35. The van der Waals surface area contributed by atoms with Crippen LogP contribution in [-0.4, -0.2) is 35.1 Å². The number of nitrogens with one attached hydrogen (secondary N) is 1. The minimum absolute atomic E-state index is 0.313. The molecular weight excluding hydrogens is 318 g/mol. The van der Waals surface area contributed by atoms with Crippen molar-refractivity contribution in [2.45, 2.75) is 20.8 Å². The molecule has 0 saturated carbocycles. The van der Waals surface area contributed by atoms with Crippen LogP contribution in [0.3, 0.4) is 0 Å². The van der Waals surface area contributed by atoms with Gasteiger partial charge < -0.3 is 14.2 Å². The molecule has 0 atom stereocenters. The van der Waals surface area contributed by atoms with Gasteiger partial charge >= 0.3 is 0 Å². The fourth-order valence-electron chi connectivity index (χ4n) is 1.92. The average molecular weight is 337 g/mol. The van der Waals surface area contributed by atoms with Gasteiger partial charge in [-0.1, -0.05) is 0 Å². The van der Waals surface area contributed by atoms with Gasteiger partial charge in [0.05, 0.1) is 19.8 Å². The molecule has 1 amide bonds. The van der Waals surface area contributed by atoms with Gasteiger partial charge in [-0.2, -0.15) is 4.37 Å². The van der Waals surface area contributed by atoms with Crippen molar-refractivity contribution in [1.82, 2.24) is 9.36 Å². The molecule has 124 valence electrons. The van der Waals surface area contributed by atoms with Gasteiger partial charge in [0.15, 0.2) is 11.5 Å². The first-order valence-electron chi connectivity index (χ1n) is 7.34. The second-order valence-corrected chi connectivity index (χ2v) is 5.08. The third-order valence-corrected chi connectivity index (χ3v) is 3.33. The molecule has 2 rings (SSSR count). The molecule has 0 bridgehead atoms. The number of nitrogens with zero attached hydrogens (tertiary/aromatic N) is 2. The molecule has 0 aliphatic rings. The summed E-state index contributed by atoms with van der Waals surface area (Å²) in [6.45, 7) is 6.98. The van der Waals surface area contributed by atoms with Crippen LogP contribution in [0.2, 0.25) is 0 Å². The number of hydrogen-bond donors (Lipinski definition) is 1. The highest BCUT2D eigenvalue weighted by atomic mass is 32.1. The number of anilines is 1. The summed E-state index contributed by atoms with van der Waals surface area (Å²) < 4.78 is 20.6. The smallest absolute Gasteiger partial charge is 0.257 e. The number of aromatic nitrogens is 2. The Bertz CT molecular complexity index is 619. The molecule has 0 spiro atoms. The van der Waals surface area contributed by atoms with Gasteiger partial charge in [0.25, 0.3) is 5.91 Å². The Labute approximate surface area is 138 Å². The Morgan fingerprint density at radius 2 is 1.70 bits per heavy atom. The molecule has 1 aromatic heterocycles. The quantitative estimate of drug-likeness (QED) is 0.797. The summed E-state index contributed by atoms with van der Waals surface area (Å²) in [6.07, 6.45) is 1.38. The standard InChI is InChI=1S/C15H19N3O4S/c1-4-20-11-7-10(14(19)18-15-16-9-17-23-15)8-12(21-5-2)13(11)22-6-3/h7-9H,4-6H2,1-3H3,(H,16,17,18,19). The molecule has 8 heteroatoms. The SMILES string of the molecule is CCOc1cc(C(=O)Nc2ncns2)cc(OCC)c1OCC. The lowest BCUT2D eigenvalue weighted by atomic mass is 10.1. The van der Waals surface area contributed by atoms with E-state index >= 15 is 0 Å². The third kappa shape index (κ3) is 4.32.